The van der Waals surface area contributed by atoms with E-state index < -0.39 is 11.9 Å². The number of ether oxygens (including phenoxy) is 3. The van der Waals surface area contributed by atoms with Gasteiger partial charge in [0, 0.05) is 32.3 Å². The molecule has 17 heavy (non-hydrogen) atoms. The van der Waals surface area contributed by atoms with Gasteiger partial charge in [-0.05, 0) is 6.92 Å². The topological polar surface area (TPSA) is 82.1 Å². The van der Waals surface area contributed by atoms with E-state index in [1.54, 1.807) is 6.92 Å². The van der Waals surface area contributed by atoms with Crippen molar-refractivity contribution in [2.75, 3.05) is 26.9 Å². The summed E-state index contributed by atoms with van der Waals surface area (Å²) < 4.78 is 14.3. The van der Waals surface area contributed by atoms with Gasteiger partial charge < -0.3 is 19.3 Å². The number of hydrogen-bond acceptors (Lipinski definition) is 6. The van der Waals surface area contributed by atoms with Crippen LogP contribution < -0.4 is 0 Å². The van der Waals surface area contributed by atoms with Gasteiger partial charge in [0.05, 0.1) is 12.7 Å². The Kier molecular flexibility index (Phi) is 8.99. The summed E-state index contributed by atoms with van der Waals surface area (Å²) in [6.07, 6.45) is 2.15. The van der Waals surface area contributed by atoms with E-state index in [1.807, 2.05) is 0 Å². The Morgan fingerprint density at radius 3 is 2.35 bits per heavy atom. The lowest BCUT2D eigenvalue weighted by atomic mass is 10.4. The first kappa shape index (κ1) is 15.6. The van der Waals surface area contributed by atoms with Crippen LogP contribution in [0.2, 0.25) is 0 Å². The van der Waals surface area contributed by atoms with Gasteiger partial charge in [-0.2, -0.15) is 0 Å². The van der Waals surface area contributed by atoms with E-state index in [0.717, 1.165) is 12.2 Å². The van der Waals surface area contributed by atoms with E-state index in [-0.39, 0.29) is 25.9 Å². The van der Waals surface area contributed by atoms with Crippen molar-refractivity contribution in [3.05, 3.63) is 12.2 Å². The molecular weight excluding hydrogens is 228 g/mol. The van der Waals surface area contributed by atoms with E-state index in [9.17, 15) is 9.59 Å². The van der Waals surface area contributed by atoms with Crippen LogP contribution in [0.3, 0.4) is 0 Å². The summed E-state index contributed by atoms with van der Waals surface area (Å²) in [5.74, 6) is -1.27. The minimum atomic E-state index is -0.643. The zero-order chi connectivity index (χ0) is 13.1. The normalized spacial score (nSPS) is 12.4. The number of aliphatic hydroxyl groups excluding tert-OH is 1. The van der Waals surface area contributed by atoms with Crippen LogP contribution in [-0.4, -0.2) is 50.1 Å². The SMILES string of the molecule is COC(C)COC(=O)/C=C\C(=O)OCCCO. The monoisotopic (exact) mass is 246 g/mol. The van der Waals surface area contributed by atoms with Gasteiger partial charge in [-0.15, -0.1) is 0 Å². The van der Waals surface area contributed by atoms with Crippen molar-refractivity contribution in [3.8, 4) is 0 Å². The maximum Gasteiger partial charge on any atom is 0.331 e. The van der Waals surface area contributed by atoms with E-state index in [0.29, 0.717) is 6.42 Å². The minimum absolute atomic E-state index is 0.0477. The molecule has 0 fully saturated rings. The Hall–Kier alpha value is -1.40. The van der Waals surface area contributed by atoms with Crippen LogP contribution in [-0.2, 0) is 23.8 Å². The molecule has 1 N–H and O–H groups in total. The fourth-order valence-electron chi connectivity index (χ4n) is 0.737. The van der Waals surface area contributed by atoms with Crippen LogP contribution in [0.15, 0.2) is 12.2 Å². The molecule has 0 rings (SSSR count). The Balaban J connectivity index is 3.74. The molecular formula is C11H18O6. The van der Waals surface area contributed by atoms with E-state index in [2.05, 4.69) is 4.74 Å². The number of hydrogen-bond donors (Lipinski definition) is 1. The average molecular weight is 246 g/mol. The molecule has 0 aliphatic rings. The number of methoxy groups -OCH3 is 1. The highest BCUT2D eigenvalue weighted by Gasteiger charge is 2.04. The van der Waals surface area contributed by atoms with Gasteiger partial charge >= 0.3 is 11.9 Å². The second-order valence-electron chi connectivity index (χ2n) is 3.25. The molecule has 1 unspecified atom stereocenters. The summed E-state index contributed by atoms with van der Waals surface area (Å²) in [5, 5.41) is 8.45. The predicted octanol–water partition coefficient (Wildman–Crippen LogP) is 0.0463. The molecule has 0 amide bonds. The highest BCUT2D eigenvalue weighted by Crippen LogP contribution is 1.92. The van der Waals surface area contributed by atoms with Gasteiger partial charge in [0.15, 0.2) is 0 Å². The van der Waals surface area contributed by atoms with Gasteiger partial charge in [-0.1, -0.05) is 0 Å². The summed E-state index contributed by atoms with van der Waals surface area (Å²) in [6, 6.07) is 0. The van der Waals surface area contributed by atoms with Crippen molar-refractivity contribution in [1.82, 2.24) is 0 Å². The standard InChI is InChI=1S/C11H18O6/c1-9(15-2)8-17-11(14)5-4-10(13)16-7-3-6-12/h4-5,9,12H,3,6-8H2,1-2H3/b5-4-. The lowest BCUT2D eigenvalue weighted by molar-refractivity contribution is -0.142. The van der Waals surface area contributed by atoms with Crippen molar-refractivity contribution in [1.29, 1.82) is 0 Å². The second kappa shape index (κ2) is 9.80. The maximum atomic E-state index is 11.1. The predicted molar refractivity (Wildman–Crippen MR) is 59.2 cm³/mol. The highest BCUT2D eigenvalue weighted by atomic mass is 16.6. The smallest absolute Gasteiger partial charge is 0.331 e. The summed E-state index contributed by atoms with van der Waals surface area (Å²) in [7, 11) is 1.51. The van der Waals surface area contributed by atoms with Crippen molar-refractivity contribution < 1.29 is 28.9 Å². The van der Waals surface area contributed by atoms with E-state index in [1.165, 1.54) is 7.11 Å². The zero-order valence-electron chi connectivity index (χ0n) is 10.0. The van der Waals surface area contributed by atoms with Crippen LogP contribution >= 0.6 is 0 Å². The number of carbonyl (C=O) groups is 2. The van der Waals surface area contributed by atoms with Gasteiger partial charge in [0.1, 0.15) is 6.61 Å². The molecule has 0 saturated heterocycles. The van der Waals surface area contributed by atoms with Crippen LogP contribution in [0.25, 0.3) is 0 Å². The zero-order valence-corrected chi connectivity index (χ0v) is 10.0. The molecule has 0 saturated carbocycles. The van der Waals surface area contributed by atoms with Crippen LogP contribution in [0.5, 0.6) is 0 Å². The third kappa shape index (κ3) is 9.52. The Labute approximate surface area is 100 Å². The fourth-order valence-corrected chi connectivity index (χ4v) is 0.737. The third-order valence-corrected chi connectivity index (χ3v) is 1.76. The molecule has 0 spiro atoms. The molecule has 0 aromatic carbocycles. The molecule has 6 nitrogen and oxygen atoms in total. The summed E-state index contributed by atoms with van der Waals surface area (Å²) in [6.45, 7) is 1.95. The Morgan fingerprint density at radius 1 is 1.24 bits per heavy atom. The Morgan fingerprint density at radius 2 is 1.82 bits per heavy atom. The van der Waals surface area contributed by atoms with Crippen molar-refractivity contribution in [2.24, 2.45) is 0 Å². The molecule has 0 heterocycles. The maximum absolute atomic E-state index is 11.1. The Bertz CT molecular complexity index is 261. The first-order valence-corrected chi connectivity index (χ1v) is 5.25. The highest BCUT2D eigenvalue weighted by molar-refractivity contribution is 5.91. The largest absolute Gasteiger partial charge is 0.462 e. The minimum Gasteiger partial charge on any atom is -0.462 e. The molecule has 98 valence electrons. The first-order valence-electron chi connectivity index (χ1n) is 5.25. The second-order valence-corrected chi connectivity index (χ2v) is 3.25. The molecule has 1 atom stereocenters. The summed E-state index contributed by atoms with van der Waals surface area (Å²) in [5.41, 5.74) is 0. The van der Waals surface area contributed by atoms with Crippen molar-refractivity contribution in [2.45, 2.75) is 19.4 Å². The van der Waals surface area contributed by atoms with Crippen LogP contribution in [0.1, 0.15) is 13.3 Å². The van der Waals surface area contributed by atoms with Crippen LogP contribution in [0.4, 0.5) is 0 Å². The van der Waals surface area contributed by atoms with Crippen LogP contribution in [0, 0.1) is 0 Å². The quantitative estimate of drug-likeness (QED) is 0.370. The molecule has 0 radical (unpaired) electrons. The van der Waals surface area contributed by atoms with E-state index in [4.69, 9.17) is 14.6 Å². The average Bonchev–Trinajstić information content (AvgIpc) is 2.33. The van der Waals surface area contributed by atoms with Crippen molar-refractivity contribution >= 4 is 11.9 Å². The lowest BCUT2D eigenvalue weighted by Crippen LogP contribution is -2.16. The van der Waals surface area contributed by atoms with Gasteiger partial charge in [-0.25, -0.2) is 9.59 Å². The summed E-state index contributed by atoms with van der Waals surface area (Å²) in [4.78, 5) is 22.1. The van der Waals surface area contributed by atoms with Crippen molar-refractivity contribution in [3.63, 3.8) is 0 Å². The van der Waals surface area contributed by atoms with Gasteiger partial charge in [0.25, 0.3) is 0 Å². The molecule has 6 heteroatoms. The number of rotatable bonds is 8. The van der Waals surface area contributed by atoms with Gasteiger partial charge in [0.2, 0.25) is 0 Å². The van der Waals surface area contributed by atoms with E-state index >= 15 is 0 Å². The molecule has 0 aliphatic carbocycles. The molecule has 0 aliphatic heterocycles. The molecule has 0 aromatic rings. The van der Waals surface area contributed by atoms with Gasteiger partial charge in [-0.3, -0.25) is 0 Å². The molecule has 0 aromatic heterocycles. The fraction of sp³-hybridized carbons (Fsp3) is 0.636. The lowest BCUT2D eigenvalue weighted by Gasteiger charge is -2.08. The molecule has 0 bridgehead atoms. The number of aliphatic hydroxyl groups is 1. The first-order chi connectivity index (χ1) is 8.10. The number of esters is 2. The summed E-state index contributed by atoms with van der Waals surface area (Å²) >= 11 is 0. The third-order valence-electron chi connectivity index (χ3n) is 1.76. The number of carbonyl (C=O) groups excluding carboxylic acids is 2.